The molecule has 0 spiro atoms. The molecule has 0 aliphatic rings. The number of nitriles is 1. The van der Waals surface area contributed by atoms with Crippen molar-refractivity contribution in [2.45, 2.75) is 26.7 Å². The van der Waals surface area contributed by atoms with Crippen molar-refractivity contribution >= 4 is 5.97 Å². The Hall–Kier alpha value is -1.96. The van der Waals surface area contributed by atoms with Crippen LogP contribution >= 0.6 is 0 Å². The molecule has 3 nitrogen and oxygen atoms in total. The largest absolute Gasteiger partial charge is 0.466 e. The van der Waals surface area contributed by atoms with Crippen LogP contribution < -0.4 is 0 Å². The van der Waals surface area contributed by atoms with E-state index in [2.05, 4.69) is 0 Å². The maximum absolute atomic E-state index is 12.7. The predicted molar refractivity (Wildman–Crippen MR) is 61.2 cm³/mol. The molecule has 18 heavy (non-hydrogen) atoms. The zero-order valence-electron chi connectivity index (χ0n) is 10.2. The first-order chi connectivity index (χ1) is 8.51. The van der Waals surface area contributed by atoms with Gasteiger partial charge in [0.1, 0.15) is 0 Å². The van der Waals surface area contributed by atoms with E-state index in [9.17, 15) is 13.6 Å². The van der Waals surface area contributed by atoms with Crippen LogP contribution in [-0.2, 0) is 16.0 Å². The number of hydrogen-bond donors (Lipinski definition) is 0. The number of carbonyl (C=O) groups is 1. The smallest absolute Gasteiger partial charge is 0.310 e. The summed E-state index contributed by atoms with van der Waals surface area (Å²) in [6.07, 6.45) is -2.71. The minimum atomic E-state index is -2.63. The van der Waals surface area contributed by atoms with Crippen molar-refractivity contribution in [2.24, 2.45) is 0 Å². The summed E-state index contributed by atoms with van der Waals surface area (Å²) in [6.45, 7) is 3.37. The van der Waals surface area contributed by atoms with Gasteiger partial charge in [0.05, 0.1) is 24.7 Å². The van der Waals surface area contributed by atoms with E-state index < -0.39 is 12.4 Å². The summed E-state index contributed by atoms with van der Waals surface area (Å²) in [4.78, 5) is 11.3. The topological polar surface area (TPSA) is 50.1 Å². The van der Waals surface area contributed by atoms with Crippen molar-refractivity contribution < 1.29 is 18.3 Å². The molecule has 0 aliphatic heterocycles. The van der Waals surface area contributed by atoms with Gasteiger partial charge in [-0.3, -0.25) is 4.79 Å². The number of carbonyl (C=O) groups excluding carboxylic acids is 1. The summed E-state index contributed by atoms with van der Waals surface area (Å²) in [5.41, 5.74) is 0.576. The summed E-state index contributed by atoms with van der Waals surface area (Å²) in [5.74, 6) is -0.474. The quantitative estimate of drug-likeness (QED) is 0.775. The van der Waals surface area contributed by atoms with Crippen LogP contribution in [0.1, 0.15) is 35.6 Å². The number of ether oxygens (including phenoxy) is 1. The van der Waals surface area contributed by atoms with E-state index >= 15 is 0 Å². The van der Waals surface area contributed by atoms with Crippen LogP contribution in [0.4, 0.5) is 8.78 Å². The van der Waals surface area contributed by atoms with E-state index in [0.717, 1.165) is 0 Å². The SMILES string of the molecule is CCOC(=O)Cc1ccc(C(F)F)c(C)c1C#N. The van der Waals surface area contributed by atoms with Crippen LogP contribution in [0.5, 0.6) is 0 Å². The predicted octanol–water partition coefficient (Wildman–Crippen LogP) is 2.91. The lowest BCUT2D eigenvalue weighted by atomic mass is 9.96. The molecule has 0 saturated heterocycles. The number of alkyl halides is 2. The van der Waals surface area contributed by atoms with Crippen molar-refractivity contribution in [3.8, 4) is 6.07 Å². The van der Waals surface area contributed by atoms with Gasteiger partial charge in [-0.05, 0) is 25.0 Å². The minimum Gasteiger partial charge on any atom is -0.466 e. The molecule has 1 aromatic rings. The standard InChI is InChI=1S/C13H13F2NO2/c1-3-18-12(17)6-9-4-5-10(13(14)15)8(2)11(9)7-16/h4-5,13H,3,6H2,1-2H3. The first-order valence-electron chi connectivity index (χ1n) is 5.47. The monoisotopic (exact) mass is 253 g/mol. The van der Waals surface area contributed by atoms with Gasteiger partial charge in [0, 0.05) is 5.56 Å². The highest BCUT2D eigenvalue weighted by Crippen LogP contribution is 2.27. The van der Waals surface area contributed by atoms with Gasteiger partial charge >= 0.3 is 5.97 Å². The lowest BCUT2D eigenvalue weighted by Gasteiger charge is -2.10. The Morgan fingerprint density at radius 1 is 1.50 bits per heavy atom. The Labute approximate surface area is 104 Å². The summed E-state index contributed by atoms with van der Waals surface area (Å²) in [5, 5.41) is 9.00. The molecule has 0 bridgehead atoms. The van der Waals surface area contributed by atoms with Crippen LogP contribution in [0, 0.1) is 18.3 Å². The van der Waals surface area contributed by atoms with Crippen molar-refractivity contribution in [1.29, 1.82) is 5.26 Å². The average Bonchev–Trinajstić information content (AvgIpc) is 2.29. The molecule has 5 heteroatoms. The second kappa shape index (κ2) is 6.10. The lowest BCUT2D eigenvalue weighted by molar-refractivity contribution is -0.142. The molecule has 0 N–H and O–H groups in total. The van der Waals surface area contributed by atoms with Gasteiger partial charge in [-0.1, -0.05) is 12.1 Å². The highest BCUT2D eigenvalue weighted by Gasteiger charge is 2.17. The summed E-state index contributed by atoms with van der Waals surface area (Å²) in [6, 6.07) is 4.49. The first kappa shape index (κ1) is 14.1. The Morgan fingerprint density at radius 2 is 2.17 bits per heavy atom. The lowest BCUT2D eigenvalue weighted by Crippen LogP contribution is -2.10. The molecule has 1 rings (SSSR count). The molecule has 0 unspecified atom stereocenters. The van der Waals surface area contributed by atoms with Gasteiger partial charge in [0.15, 0.2) is 0 Å². The molecule has 0 aliphatic carbocycles. The average molecular weight is 253 g/mol. The van der Waals surface area contributed by atoms with Crippen molar-refractivity contribution in [1.82, 2.24) is 0 Å². The van der Waals surface area contributed by atoms with Crippen molar-refractivity contribution in [2.75, 3.05) is 6.61 Å². The number of benzene rings is 1. The van der Waals surface area contributed by atoms with E-state index in [0.29, 0.717) is 5.56 Å². The fourth-order valence-electron chi connectivity index (χ4n) is 1.69. The van der Waals surface area contributed by atoms with Crippen LogP contribution in [0.15, 0.2) is 12.1 Å². The third-order valence-corrected chi connectivity index (χ3v) is 2.58. The van der Waals surface area contributed by atoms with Gasteiger partial charge in [-0.25, -0.2) is 8.78 Å². The maximum atomic E-state index is 12.7. The molecule has 0 radical (unpaired) electrons. The molecule has 0 amide bonds. The Morgan fingerprint density at radius 3 is 2.67 bits per heavy atom. The highest BCUT2D eigenvalue weighted by atomic mass is 19.3. The van der Waals surface area contributed by atoms with E-state index in [1.807, 2.05) is 6.07 Å². The molecule has 0 fully saturated rings. The Balaban J connectivity index is 3.12. The molecule has 0 atom stereocenters. The van der Waals surface area contributed by atoms with Crippen molar-refractivity contribution in [3.05, 3.63) is 34.4 Å². The third-order valence-electron chi connectivity index (χ3n) is 2.58. The van der Waals surface area contributed by atoms with E-state index in [4.69, 9.17) is 10.00 Å². The molecular formula is C13H13F2NO2. The number of esters is 1. The number of halogens is 2. The highest BCUT2D eigenvalue weighted by molar-refractivity contribution is 5.74. The number of nitrogens with zero attached hydrogens (tertiary/aromatic N) is 1. The summed E-state index contributed by atoms with van der Waals surface area (Å²) < 4.78 is 30.1. The van der Waals surface area contributed by atoms with Gasteiger partial charge < -0.3 is 4.74 Å². The fourth-order valence-corrected chi connectivity index (χ4v) is 1.69. The van der Waals surface area contributed by atoms with E-state index in [-0.39, 0.29) is 29.7 Å². The summed E-state index contributed by atoms with van der Waals surface area (Å²) >= 11 is 0. The van der Waals surface area contributed by atoms with Gasteiger partial charge in [0.2, 0.25) is 0 Å². The molecule has 0 saturated carbocycles. The molecule has 96 valence electrons. The molecule has 1 aromatic carbocycles. The van der Waals surface area contributed by atoms with Crippen LogP contribution in [0.25, 0.3) is 0 Å². The molecular weight excluding hydrogens is 240 g/mol. The van der Waals surface area contributed by atoms with Crippen molar-refractivity contribution in [3.63, 3.8) is 0 Å². The number of hydrogen-bond acceptors (Lipinski definition) is 3. The van der Waals surface area contributed by atoms with Gasteiger partial charge in [-0.15, -0.1) is 0 Å². The van der Waals surface area contributed by atoms with E-state index in [1.54, 1.807) is 6.92 Å². The maximum Gasteiger partial charge on any atom is 0.310 e. The Bertz CT molecular complexity index is 492. The second-order valence-corrected chi connectivity index (χ2v) is 3.71. The second-order valence-electron chi connectivity index (χ2n) is 3.71. The normalized spacial score (nSPS) is 10.2. The van der Waals surface area contributed by atoms with E-state index in [1.165, 1.54) is 19.1 Å². The Kier molecular flexibility index (Phi) is 4.78. The third kappa shape index (κ3) is 3.04. The van der Waals surface area contributed by atoms with Gasteiger partial charge in [-0.2, -0.15) is 5.26 Å². The van der Waals surface area contributed by atoms with Crippen LogP contribution in [-0.4, -0.2) is 12.6 Å². The van der Waals surface area contributed by atoms with Crippen LogP contribution in [0.2, 0.25) is 0 Å². The minimum absolute atomic E-state index is 0.0823. The molecule has 0 aromatic heterocycles. The fraction of sp³-hybridized carbons (Fsp3) is 0.385. The number of rotatable bonds is 4. The first-order valence-corrected chi connectivity index (χ1v) is 5.47. The summed E-state index contributed by atoms with van der Waals surface area (Å²) in [7, 11) is 0. The zero-order chi connectivity index (χ0) is 13.7. The molecule has 0 heterocycles. The van der Waals surface area contributed by atoms with Gasteiger partial charge in [0.25, 0.3) is 6.43 Å². The van der Waals surface area contributed by atoms with Crippen LogP contribution in [0.3, 0.4) is 0 Å². The zero-order valence-corrected chi connectivity index (χ0v) is 10.2.